The van der Waals surface area contributed by atoms with Crippen molar-refractivity contribution in [2.45, 2.75) is 39.2 Å². The first-order chi connectivity index (χ1) is 10.6. The van der Waals surface area contributed by atoms with Gasteiger partial charge in [-0.15, -0.1) is 0 Å². The van der Waals surface area contributed by atoms with Crippen molar-refractivity contribution >= 4 is 28.9 Å². The Balaban J connectivity index is 4.22. The maximum atomic E-state index is 11.8. The van der Waals surface area contributed by atoms with Crippen LogP contribution in [0.25, 0.3) is 0 Å². The zero-order valence-corrected chi connectivity index (χ0v) is 13.9. The molecule has 0 heterocycles. The molecule has 9 nitrogen and oxygen atoms in total. The predicted octanol–water partition coefficient (Wildman–Crippen LogP) is 0.145. The molecule has 0 spiro atoms. The van der Waals surface area contributed by atoms with Crippen LogP contribution in [0.15, 0.2) is 0 Å². The maximum absolute atomic E-state index is 11.8. The first-order valence-electron chi connectivity index (χ1n) is 6.97. The molecule has 10 heteroatoms. The molecule has 0 radical (unpaired) electrons. The summed E-state index contributed by atoms with van der Waals surface area (Å²) >= 11 is -2.02. The van der Waals surface area contributed by atoms with E-state index in [4.69, 9.17) is 14.4 Å². The van der Waals surface area contributed by atoms with Gasteiger partial charge < -0.3 is 24.8 Å². The van der Waals surface area contributed by atoms with Gasteiger partial charge in [0.15, 0.2) is 16.9 Å². The number of ether oxygens (including phenoxy) is 1. The minimum atomic E-state index is -2.02. The van der Waals surface area contributed by atoms with E-state index < -0.39 is 40.4 Å². The van der Waals surface area contributed by atoms with Crippen LogP contribution in [-0.4, -0.2) is 61.8 Å². The lowest BCUT2D eigenvalue weighted by atomic mass is 9.84. The van der Waals surface area contributed by atoms with Crippen LogP contribution in [0, 0.1) is 5.41 Å². The lowest BCUT2D eigenvalue weighted by Gasteiger charge is -2.28. The molecule has 0 aromatic heterocycles. The number of carbonyl (C=O) groups excluding carboxylic acids is 2. The molecule has 0 aliphatic heterocycles. The Kier molecular flexibility index (Phi) is 9.61. The quantitative estimate of drug-likeness (QED) is 0.383. The molecule has 1 amide bonds. The van der Waals surface area contributed by atoms with Crippen LogP contribution in [0.2, 0.25) is 0 Å². The zero-order valence-electron chi connectivity index (χ0n) is 13.1. The van der Waals surface area contributed by atoms with E-state index in [1.807, 2.05) is 0 Å². The van der Waals surface area contributed by atoms with E-state index in [0.29, 0.717) is 0 Å². The van der Waals surface area contributed by atoms with Gasteiger partial charge in [0.2, 0.25) is 0 Å². The summed E-state index contributed by atoms with van der Waals surface area (Å²) in [6.45, 7) is 2.78. The number of carboxylic acid groups (broad SMARTS) is 1. The van der Waals surface area contributed by atoms with Crippen molar-refractivity contribution in [2.75, 3.05) is 18.9 Å². The highest BCUT2D eigenvalue weighted by Crippen LogP contribution is 2.23. The molecule has 0 aliphatic rings. The van der Waals surface area contributed by atoms with Gasteiger partial charge in [-0.25, -0.2) is 9.00 Å². The van der Waals surface area contributed by atoms with Crippen LogP contribution in [-0.2, 0) is 25.4 Å². The Bertz CT molecular complexity index is 451. The van der Waals surface area contributed by atoms with Gasteiger partial charge in [0.25, 0.3) is 0 Å². The fourth-order valence-corrected chi connectivity index (χ4v) is 1.88. The number of ketones is 1. The molecule has 2 atom stereocenters. The highest BCUT2D eigenvalue weighted by atomic mass is 32.2. The highest BCUT2D eigenvalue weighted by Gasteiger charge is 2.34. The molecule has 23 heavy (non-hydrogen) atoms. The highest BCUT2D eigenvalue weighted by molar-refractivity contribution is 7.79. The number of Topliss-reactive ketones (excluding diaryl/α,β-unsaturated/α-hetero) is 1. The van der Waals surface area contributed by atoms with Crippen LogP contribution >= 0.6 is 0 Å². The second kappa shape index (κ2) is 10.3. The van der Waals surface area contributed by atoms with Gasteiger partial charge in [-0.1, -0.05) is 13.8 Å². The van der Waals surface area contributed by atoms with Crippen molar-refractivity contribution in [3.05, 3.63) is 0 Å². The third kappa shape index (κ3) is 9.97. The van der Waals surface area contributed by atoms with Gasteiger partial charge in [0, 0.05) is 24.8 Å². The molecule has 134 valence electrons. The minimum Gasteiger partial charge on any atom is -0.481 e. The van der Waals surface area contributed by atoms with Crippen LogP contribution < -0.4 is 5.32 Å². The van der Waals surface area contributed by atoms with Gasteiger partial charge in [-0.3, -0.25) is 9.59 Å². The molecule has 0 rings (SSSR count). The minimum absolute atomic E-state index is 0.0426. The van der Waals surface area contributed by atoms with E-state index in [1.54, 1.807) is 0 Å². The maximum Gasteiger partial charge on any atom is 0.407 e. The summed E-state index contributed by atoms with van der Waals surface area (Å²) in [7, 11) is 0. The third-order valence-corrected chi connectivity index (χ3v) is 3.53. The molecular weight excluding hydrogens is 330 g/mol. The number of rotatable bonds is 11. The number of carboxylic acids is 1. The molecule has 0 aliphatic carbocycles. The fraction of sp³-hybridized carbons (Fsp3) is 0.769. The number of alkyl carbamates (subject to hydrolysis) is 1. The summed E-state index contributed by atoms with van der Waals surface area (Å²) in [5.41, 5.74) is -1.04. The number of hydrogen-bond acceptors (Lipinski definition) is 6. The summed E-state index contributed by atoms with van der Waals surface area (Å²) in [6, 6.07) is 0. The largest absolute Gasteiger partial charge is 0.481 e. The van der Waals surface area contributed by atoms with Crippen molar-refractivity contribution in [3.8, 4) is 0 Å². The van der Waals surface area contributed by atoms with Crippen molar-refractivity contribution in [1.82, 2.24) is 5.32 Å². The Labute approximate surface area is 136 Å². The molecule has 0 saturated heterocycles. The number of aliphatic carboxylic acids is 1. The topological polar surface area (TPSA) is 150 Å². The normalized spacial score (nSPS) is 13.9. The van der Waals surface area contributed by atoms with Gasteiger partial charge in [-0.2, -0.15) is 0 Å². The Hall–Kier alpha value is -1.52. The predicted molar refractivity (Wildman–Crippen MR) is 81.3 cm³/mol. The number of amides is 1. The van der Waals surface area contributed by atoms with Gasteiger partial charge in [0.05, 0.1) is 5.75 Å². The van der Waals surface area contributed by atoms with Crippen molar-refractivity contribution in [1.29, 1.82) is 0 Å². The van der Waals surface area contributed by atoms with E-state index in [1.165, 1.54) is 13.8 Å². The number of hydrogen-bond donors (Lipinski definition) is 4. The summed E-state index contributed by atoms with van der Waals surface area (Å²) in [4.78, 5) is 33.5. The average molecular weight is 353 g/mol. The molecule has 4 N–H and O–H groups in total. The standard InChI is InChI=1S/C13H23NO8S/c1-13(2,8-22-12(19)14-6-7-23(20)21)11(18)9(15)4-3-5-10(16)17/h11,18H,3-8H2,1-2H3,(H,14,19)(H,16,17)(H,20,21)/t11-/m0/s1. The third-order valence-electron chi connectivity index (χ3n) is 2.98. The van der Waals surface area contributed by atoms with Gasteiger partial charge in [0.1, 0.15) is 12.7 Å². The molecule has 0 saturated carbocycles. The van der Waals surface area contributed by atoms with Crippen LogP contribution in [0.1, 0.15) is 33.1 Å². The van der Waals surface area contributed by atoms with Crippen molar-refractivity contribution < 1.29 is 38.1 Å². The molecule has 0 aromatic rings. The first-order valence-corrected chi connectivity index (χ1v) is 8.24. The second-order valence-electron chi connectivity index (χ2n) is 5.63. The molecule has 1 unspecified atom stereocenters. The lowest BCUT2D eigenvalue weighted by molar-refractivity contribution is -0.138. The van der Waals surface area contributed by atoms with E-state index in [0.717, 1.165) is 0 Å². The average Bonchev–Trinajstić information content (AvgIpc) is 2.43. The SMILES string of the molecule is CC(C)(COC(=O)NCCS(=O)O)[C@@H](O)C(=O)CCCC(=O)O. The van der Waals surface area contributed by atoms with Gasteiger partial charge in [-0.05, 0) is 6.42 Å². The monoisotopic (exact) mass is 353 g/mol. The zero-order chi connectivity index (χ0) is 18.0. The Morgan fingerprint density at radius 3 is 2.39 bits per heavy atom. The van der Waals surface area contributed by atoms with Crippen molar-refractivity contribution in [3.63, 3.8) is 0 Å². The van der Waals surface area contributed by atoms with E-state index in [9.17, 15) is 23.7 Å². The van der Waals surface area contributed by atoms with Crippen LogP contribution in [0.4, 0.5) is 4.79 Å². The molecule has 0 bridgehead atoms. The van der Waals surface area contributed by atoms with Gasteiger partial charge >= 0.3 is 12.1 Å². The van der Waals surface area contributed by atoms with Crippen LogP contribution in [0.3, 0.4) is 0 Å². The number of nitrogens with one attached hydrogen (secondary N) is 1. The molecular formula is C13H23NO8S. The first kappa shape index (κ1) is 21.5. The van der Waals surface area contributed by atoms with E-state index >= 15 is 0 Å². The number of aliphatic hydroxyl groups is 1. The summed E-state index contributed by atoms with van der Waals surface area (Å²) < 4.78 is 23.8. The second-order valence-corrected chi connectivity index (χ2v) is 6.68. The van der Waals surface area contributed by atoms with E-state index in [2.05, 4.69) is 5.32 Å². The van der Waals surface area contributed by atoms with Crippen LogP contribution in [0.5, 0.6) is 0 Å². The van der Waals surface area contributed by atoms with E-state index in [-0.39, 0.29) is 38.2 Å². The summed E-state index contributed by atoms with van der Waals surface area (Å²) in [5, 5.41) is 20.7. The summed E-state index contributed by atoms with van der Waals surface area (Å²) in [5.74, 6) is -1.67. The fourth-order valence-electron chi connectivity index (χ4n) is 1.61. The lowest BCUT2D eigenvalue weighted by Crippen LogP contribution is -2.41. The Morgan fingerprint density at radius 1 is 1.26 bits per heavy atom. The Morgan fingerprint density at radius 2 is 1.87 bits per heavy atom. The number of aliphatic hydroxyl groups excluding tert-OH is 1. The molecule has 0 fully saturated rings. The molecule has 0 aromatic carbocycles. The summed E-state index contributed by atoms with van der Waals surface area (Å²) in [6.07, 6.45) is -2.33. The smallest absolute Gasteiger partial charge is 0.407 e. The van der Waals surface area contributed by atoms with Crippen molar-refractivity contribution in [2.24, 2.45) is 5.41 Å². The number of carbonyl (C=O) groups is 3.